The first kappa shape index (κ1) is 7.35. The van der Waals surface area contributed by atoms with E-state index in [1.807, 2.05) is 0 Å². The normalized spacial score (nSPS) is 15.8. The van der Waals surface area contributed by atoms with Crippen LogP contribution in [0.2, 0.25) is 0 Å². The van der Waals surface area contributed by atoms with Gasteiger partial charge in [0.15, 0.2) is 5.82 Å². The molecule has 6 heteroatoms. The van der Waals surface area contributed by atoms with Crippen molar-refractivity contribution in [3.8, 4) is 0 Å². The summed E-state index contributed by atoms with van der Waals surface area (Å²) in [6.07, 6.45) is 5.57. The third kappa shape index (κ3) is 1.48. The van der Waals surface area contributed by atoms with E-state index >= 15 is 0 Å². The molecule has 0 amide bonds. The molecule has 0 saturated heterocycles. The van der Waals surface area contributed by atoms with Gasteiger partial charge < -0.3 is 0 Å². The van der Waals surface area contributed by atoms with Gasteiger partial charge in [-0.3, -0.25) is 4.99 Å². The van der Waals surface area contributed by atoms with Crippen LogP contribution >= 0.6 is 11.9 Å². The summed E-state index contributed by atoms with van der Waals surface area (Å²) in [7, 11) is 0. The number of hydrogen-bond acceptors (Lipinski definition) is 6. The lowest BCUT2D eigenvalue weighted by molar-refractivity contribution is 1.03. The molecule has 12 heavy (non-hydrogen) atoms. The SMILES string of the molecule is [C]1=NSCN=C1c1ncncn1. The van der Waals surface area contributed by atoms with Crippen LogP contribution in [0.5, 0.6) is 0 Å². The molecule has 2 heterocycles. The minimum Gasteiger partial charge on any atom is -0.266 e. The van der Waals surface area contributed by atoms with Crippen LogP contribution in [0.3, 0.4) is 0 Å². The van der Waals surface area contributed by atoms with Crippen LogP contribution in [0.15, 0.2) is 22.0 Å². The number of aromatic nitrogens is 3. The lowest BCUT2D eigenvalue weighted by Gasteiger charge is -2.00. The summed E-state index contributed by atoms with van der Waals surface area (Å²) in [5.41, 5.74) is 0.594. The molecule has 0 atom stereocenters. The van der Waals surface area contributed by atoms with Crippen molar-refractivity contribution in [2.24, 2.45) is 9.39 Å². The van der Waals surface area contributed by atoms with Crippen LogP contribution in [0.4, 0.5) is 0 Å². The zero-order valence-corrected chi connectivity index (χ0v) is 6.82. The Labute approximate surface area is 73.2 Å². The maximum absolute atomic E-state index is 4.12. The van der Waals surface area contributed by atoms with Gasteiger partial charge in [0, 0.05) is 0 Å². The highest BCUT2D eigenvalue weighted by molar-refractivity contribution is 7.98. The largest absolute Gasteiger partial charge is 0.266 e. The number of rotatable bonds is 1. The van der Waals surface area contributed by atoms with Crippen molar-refractivity contribution in [1.29, 1.82) is 0 Å². The van der Waals surface area contributed by atoms with Crippen molar-refractivity contribution in [3.63, 3.8) is 0 Å². The van der Waals surface area contributed by atoms with Crippen LogP contribution in [-0.2, 0) is 0 Å². The molecule has 0 saturated carbocycles. The Morgan fingerprint density at radius 2 is 2.17 bits per heavy atom. The molecule has 1 aliphatic heterocycles. The molecule has 0 aliphatic carbocycles. The molecule has 1 aromatic rings. The average molecular weight is 178 g/mol. The van der Waals surface area contributed by atoms with Gasteiger partial charge in [-0.25, -0.2) is 19.3 Å². The Hall–Kier alpha value is -1.30. The minimum absolute atomic E-state index is 0.522. The standard InChI is InChI=1S/C6H4N5S/c1-5(10-4-12-11-1)6-8-2-7-3-9-6/h2-3H,4H2. The van der Waals surface area contributed by atoms with Crippen molar-refractivity contribution in [2.75, 3.05) is 5.88 Å². The Kier molecular flexibility index (Phi) is 2.08. The van der Waals surface area contributed by atoms with E-state index in [0.29, 0.717) is 17.4 Å². The quantitative estimate of drug-likeness (QED) is 0.577. The van der Waals surface area contributed by atoms with E-state index in [9.17, 15) is 0 Å². The topological polar surface area (TPSA) is 63.4 Å². The Bertz CT molecular complexity index is 320. The van der Waals surface area contributed by atoms with Crippen LogP contribution in [0, 0.1) is 0 Å². The maximum atomic E-state index is 4.12. The van der Waals surface area contributed by atoms with Gasteiger partial charge in [0.2, 0.25) is 0 Å². The van der Waals surface area contributed by atoms with Gasteiger partial charge in [0.05, 0.1) is 0 Å². The fraction of sp³-hybridized carbons (Fsp3) is 0.167. The fourth-order valence-electron chi connectivity index (χ4n) is 0.715. The first-order valence-electron chi connectivity index (χ1n) is 3.21. The summed E-state index contributed by atoms with van der Waals surface area (Å²) in [4.78, 5) is 15.7. The van der Waals surface area contributed by atoms with E-state index in [0.717, 1.165) is 0 Å². The summed E-state index contributed by atoms with van der Waals surface area (Å²) in [6.45, 7) is 0. The Balaban J connectivity index is 2.31. The molecular weight excluding hydrogens is 174 g/mol. The zero-order chi connectivity index (χ0) is 8.23. The molecule has 0 fully saturated rings. The molecule has 59 valence electrons. The van der Waals surface area contributed by atoms with Gasteiger partial charge >= 0.3 is 0 Å². The van der Waals surface area contributed by atoms with Crippen LogP contribution in [0.1, 0.15) is 5.82 Å². The Morgan fingerprint density at radius 3 is 2.83 bits per heavy atom. The van der Waals surface area contributed by atoms with Crippen molar-refractivity contribution >= 4 is 23.9 Å². The highest BCUT2D eigenvalue weighted by atomic mass is 32.2. The minimum atomic E-state index is 0.522. The zero-order valence-electron chi connectivity index (χ0n) is 6.01. The molecular formula is C6H4N5S. The van der Waals surface area contributed by atoms with Crippen molar-refractivity contribution in [2.45, 2.75) is 0 Å². The Morgan fingerprint density at radius 1 is 1.33 bits per heavy atom. The molecule has 0 N–H and O–H groups in total. The number of aliphatic imine (C=N–C) groups is 1. The third-order valence-corrected chi connectivity index (χ3v) is 1.67. The highest BCUT2D eigenvalue weighted by Crippen LogP contribution is 2.07. The van der Waals surface area contributed by atoms with Crippen molar-refractivity contribution < 1.29 is 0 Å². The van der Waals surface area contributed by atoms with Gasteiger partial charge in [-0.1, -0.05) is 0 Å². The average Bonchev–Trinajstić information content (AvgIpc) is 2.21. The van der Waals surface area contributed by atoms with E-state index in [4.69, 9.17) is 0 Å². The second-order valence-electron chi connectivity index (χ2n) is 1.93. The van der Waals surface area contributed by atoms with E-state index in [1.165, 1.54) is 24.6 Å². The van der Waals surface area contributed by atoms with E-state index in [-0.39, 0.29) is 0 Å². The molecule has 1 aliphatic rings. The third-order valence-electron chi connectivity index (χ3n) is 1.20. The van der Waals surface area contributed by atoms with Gasteiger partial charge in [0.1, 0.15) is 30.5 Å². The predicted octanol–water partition coefficient (Wildman–Crippen LogP) is 0.228. The summed E-state index contributed by atoms with van der Waals surface area (Å²) in [5, 5.41) is 0. The summed E-state index contributed by atoms with van der Waals surface area (Å²) in [5.74, 6) is 1.13. The van der Waals surface area contributed by atoms with Gasteiger partial charge in [-0.05, 0) is 11.9 Å². The van der Waals surface area contributed by atoms with Crippen molar-refractivity contribution in [3.05, 3.63) is 18.5 Å². The predicted molar refractivity (Wildman–Crippen MR) is 46.3 cm³/mol. The van der Waals surface area contributed by atoms with Crippen LogP contribution in [-0.4, -0.2) is 32.8 Å². The molecule has 0 aromatic carbocycles. The highest BCUT2D eigenvalue weighted by Gasteiger charge is 2.06. The fourth-order valence-corrected chi connectivity index (χ4v) is 1.11. The number of hydrogen-bond donors (Lipinski definition) is 0. The monoisotopic (exact) mass is 178 g/mol. The number of nitrogens with zero attached hydrogens (tertiary/aromatic N) is 5. The molecule has 1 radical (unpaired) electrons. The molecule has 1 aromatic heterocycles. The smallest absolute Gasteiger partial charge is 0.183 e. The van der Waals surface area contributed by atoms with Gasteiger partial charge in [0.25, 0.3) is 0 Å². The van der Waals surface area contributed by atoms with E-state index < -0.39 is 0 Å². The van der Waals surface area contributed by atoms with E-state index in [1.54, 1.807) is 0 Å². The molecule has 0 bridgehead atoms. The molecule has 0 spiro atoms. The first-order valence-corrected chi connectivity index (χ1v) is 4.16. The van der Waals surface area contributed by atoms with E-state index in [2.05, 4.69) is 30.6 Å². The van der Waals surface area contributed by atoms with Crippen LogP contribution < -0.4 is 0 Å². The van der Waals surface area contributed by atoms with Gasteiger partial charge in [-0.2, -0.15) is 0 Å². The first-order chi connectivity index (χ1) is 5.97. The van der Waals surface area contributed by atoms with Crippen LogP contribution in [0.25, 0.3) is 0 Å². The summed E-state index contributed by atoms with van der Waals surface area (Å²) < 4.78 is 3.87. The molecule has 0 unspecified atom stereocenters. The van der Waals surface area contributed by atoms with Crippen molar-refractivity contribution in [1.82, 2.24) is 15.0 Å². The molecule has 2 rings (SSSR count). The molecule has 5 nitrogen and oxygen atoms in total. The lowest BCUT2D eigenvalue weighted by Crippen LogP contribution is -2.10. The second kappa shape index (κ2) is 3.40. The second-order valence-corrected chi connectivity index (χ2v) is 2.63. The summed E-state index contributed by atoms with van der Waals surface area (Å²) in [6, 6.07) is 0. The summed E-state index contributed by atoms with van der Waals surface area (Å²) >= 11 is 1.35. The van der Waals surface area contributed by atoms with Gasteiger partial charge in [-0.15, -0.1) is 0 Å². The lowest BCUT2D eigenvalue weighted by atomic mass is 10.4. The maximum Gasteiger partial charge on any atom is 0.183 e.